The van der Waals surface area contributed by atoms with Crippen molar-refractivity contribution in [2.45, 2.75) is 58.5 Å². The summed E-state index contributed by atoms with van der Waals surface area (Å²) in [5, 5.41) is 3.00. The Labute approximate surface area is 127 Å². The molecule has 2 atom stereocenters. The van der Waals surface area contributed by atoms with Crippen LogP contribution in [-0.4, -0.2) is 48.1 Å². The van der Waals surface area contributed by atoms with Gasteiger partial charge in [0.25, 0.3) is 0 Å². The van der Waals surface area contributed by atoms with Gasteiger partial charge in [-0.2, -0.15) is 0 Å². The zero-order chi connectivity index (χ0) is 15.6. The first-order valence-corrected chi connectivity index (χ1v) is 8.12. The summed E-state index contributed by atoms with van der Waals surface area (Å²) in [5.41, 5.74) is -0.715. The molecule has 2 aliphatic rings. The summed E-state index contributed by atoms with van der Waals surface area (Å²) >= 11 is 0. The Bertz CT molecular complexity index is 406. The lowest BCUT2D eigenvalue weighted by atomic mass is 9.86. The second kappa shape index (κ2) is 6.34. The summed E-state index contributed by atoms with van der Waals surface area (Å²) in [6.07, 6.45) is 3.01. The molecule has 1 aliphatic heterocycles. The number of nitrogens with one attached hydrogen (secondary N) is 1. The van der Waals surface area contributed by atoms with Crippen LogP contribution in [0.15, 0.2) is 0 Å². The third-order valence-electron chi connectivity index (χ3n) is 4.54. The van der Waals surface area contributed by atoms with Crippen molar-refractivity contribution in [1.82, 2.24) is 10.2 Å². The van der Waals surface area contributed by atoms with Crippen molar-refractivity contribution < 1.29 is 14.3 Å². The minimum absolute atomic E-state index is 0.0190. The smallest absolute Gasteiger partial charge is 0.249 e. The molecule has 5 heteroatoms. The Morgan fingerprint density at radius 1 is 1.33 bits per heavy atom. The van der Waals surface area contributed by atoms with Gasteiger partial charge in [-0.05, 0) is 38.0 Å². The maximum atomic E-state index is 12.9. The van der Waals surface area contributed by atoms with Crippen LogP contribution < -0.4 is 5.32 Å². The molecule has 2 amide bonds. The van der Waals surface area contributed by atoms with Crippen LogP contribution in [0.3, 0.4) is 0 Å². The van der Waals surface area contributed by atoms with Crippen LogP contribution in [0.2, 0.25) is 0 Å². The highest BCUT2D eigenvalue weighted by atomic mass is 16.5. The average Bonchev–Trinajstić information content (AvgIpc) is 3.24. The van der Waals surface area contributed by atoms with Gasteiger partial charge in [-0.15, -0.1) is 0 Å². The topological polar surface area (TPSA) is 58.6 Å². The maximum Gasteiger partial charge on any atom is 0.249 e. The molecule has 1 saturated carbocycles. The summed E-state index contributed by atoms with van der Waals surface area (Å²) in [7, 11) is 0. The lowest BCUT2D eigenvalue weighted by Crippen LogP contribution is -2.71. The Hall–Kier alpha value is -1.10. The van der Waals surface area contributed by atoms with Gasteiger partial charge in [-0.3, -0.25) is 9.59 Å². The highest BCUT2D eigenvalue weighted by Crippen LogP contribution is 2.42. The number of hydrogen-bond donors (Lipinski definition) is 1. The van der Waals surface area contributed by atoms with Gasteiger partial charge in [-0.1, -0.05) is 20.8 Å². The first kappa shape index (κ1) is 16.3. The predicted molar refractivity (Wildman–Crippen MR) is 80.7 cm³/mol. The average molecular weight is 296 g/mol. The number of ether oxygens (including phenoxy) is 1. The van der Waals surface area contributed by atoms with Crippen LogP contribution in [0.1, 0.15) is 47.0 Å². The number of carbonyl (C=O) groups is 2. The molecule has 2 fully saturated rings. The molecule has 0 aromatic rings. The van der Waals surface area contributed by atoms with E-state index < -0.39 is 5.54 Å². The summed E-state index contributed by atoms with van der Waals surface area (Å²) < 4.78 is 5.52. The highest BCUT2D eigenvalue weighted by molar-refractivity contribution is 6.00. The largest absolute Gasteiger partial charge is 0.380 e. The van der Waals surface area contributed by atoms with Crippen LogP contribution >= 0.6 is 0 Å². The normalized spacial score (nSPS) is 30.0. The molecule has 0 aromatic heterocycles. The van der Waals surface area contributed by atoms with E-state index in [0.717, 1.165) is 19.3 Å². The highest BCUT2D eigenvalue weighted by Gasteiger charge is 2.55. The van der Waals surface area contributed by atoms with E-state index in [4.69, 9.17) is 4.74 Å². The third-order valence-corrected chi connectivity index (χ3v) is 4.54. The van der Waals surface area contributed by atoms with Crippen LogP contribution in [-0.2, 0) is 14.3 Å². The zero-order valence-electron chi connectivity index (χ0n) is 13.6. The lowest BCUT2D eigenvalue weighted by molar-refractivity contribution is -0.158. The van der Waals surface area contributed by atoms with Gasteiger partial charge in [0.1, 0.15) is 11.6 Å². The predicted octanol–water partition coefficient (Wildman–Crippen LogP) is 1.56. The van der Waals surface area contributed by atoms with Gasteiger partial charge in [0.15, 0.2) is 0 Å². The number of amides is 2. The van der Waals surface area contributed by atoms with Crippen LogP contribution in [0.5, 0.6) is 0 Å². The van der Waals surface area contributed by atoms with E-state index in [-0.39, 0.29) is 23.8 Å². The van der Waals surface area contributed by atoms with Crippen molar-refractivity contribution in [2.24, 2.45) is 11.8 Å². The second-order valence-corrected chi connectivity index (χ2v) is 6.77. The number of nitrogens with zero attached hydrogens (tertiary/aromatic N) is 1. The van der Waals surface area contributed by atoms with Gasteiger partial charge in [0, 0.05) is 13.2 Å². The second-order valence-electron chi connectivity index (χ2n) is 6.77. The fourth-order valence-electron chi connectivity index (χ4n) is 3.20. The van der Waals surface area contributed by atoms with E-state index in [1.165, 1.54) is 0 Å². The van der Waals surface area contributed by atoms with Gasteiger partial charge in [0.2, 0.25) is 11.8 Å². The molecule has 120 valence electrons. The summed E-state index contributed by atoms with van der Waals surface area (Å²) in [5.74, 6) is 0.433. The van der Waals surface area contributed by atoms with Crippen LogP contribution in [0.4, 0.5) is 0 Å². The van der Waals surface area contributed by atoms with Gasteiger partial charge >= 0.3 is 0 Å². The summed E-state index contributed by atoms with van der Waals surface area (Å²) in [6, 6.07) is -0.380. The van der Waals surface area contributed by atoms with E-state index in [1.807, 2.05) is 20.8 Å². The first-order valence-electron chi connectivity index (χ1n) is 8.12. The van der Waals surface area contributed by atoms with Crippen molar-refractivity contribution in [2.75, 3.05) is 19.8 Å². The molecule has 21 heavy (non-hydrogen) atoms. The third kappa shape index (κ3) is 3.23. The molecule has 1 heterocycles. The summed E-state index contributed by atoms with van der Waals surface area (Å²) in [6.45, 7) is 9.59. The Morgan fingerprint density at radius 3 is 2.52 bits per heavy atom. The summed E-state index contributed by atoms with van der Waals surface area (Å²) in [4.78, 5) is 27.1. The minimum atomic E-state index is -0.715. The van der Waals surface area contributed by atoms with Crippen LogP contribution in [0, 0.1) is 11.8 Å². The van der Waals surface area contributed by atoms with E-state index in [2.05, 4.69) is 12.2 Å². The van der Waals surface area contributed by atoms with Crippen LogP contribution in [0.25, 0.3) is 0 Å². The van der Waals surface area contributed by atoms with Gasteiger partial charge in [-0.25, -0.2) is 0 Å². The van der Waals surface area contributed by atoms with Gasteiger partial charge in [0.05, 0.1) is 6.61 Å². The molecular weight excluding hydrogens is 268 g/mol. The van der Waals surface area contributed by atoms with Crippen molar-refractivity contribution in [3.63, 3.8) is 0 Å². The fourth-order valence-corrected chi connectivity index (χ4v) is 3.20. The van der Waals surface area contributed by atoms with Crippen molar-refractivity contribution in [1.29, 1.82) is 0 Å². The Balaban J connectivity index is 2.12. The quantitative estimate of drug-likeness (QED) is 0.725. The minimum Gasteiger partial charge on any atom is -0.380 e. The number of hydrogen-bond acceptors (Lipinski definition) is 3. The molecular formula is C16H28N2O3. The molecule has 2 rings (SSSR count). The van der Waals surface area contributed by atoms with E-state index >= 15 is 0 Å². The van der Waals surface area contributed by atoms with E-state index in [0.29, 0.717) is 25.7 Å². The number of piperazine rings is 1. The van der Waals surface area contributed by atoms with E-state index in [9.17, 15) is 9.59 Å². The fraction of sp³-hybridized carbons (Fsp3) is 0.875. The molecule has 0 bridgehead atoms. The van der Waals surface area contributed by atoms with Crippen molar-refractivity contribution in [3.05, 3.63) is 0 Å². The molecule has 5 nitrogen and oxygen atoms in total. The van der Waals surface area contributed by atoms with Gasteiger partial charge < -0.3 is 15.0 Å². The molecule has 1 aliphatic carbocycles. The number of rotatable bonds is 7. The lowest BCUT2D eigenvalue weighted by Gasteiger charge is -2.46. The SMILES string of the molecule is CCCOCCN1C(=O)C(C)(C2CC2)NC(=O)C1C(C)C. The maximum absolute atomic E-state index is 12.9. The molecule has 0 spiro atoms. The Morgan fingerprint density at radius 2 is 2.00 bits per heavy atom. The molecule has 1 N–H and O–H groups in total. The van der Waals surface area contributed by atoms with E-state index in [1.54, 1.807) is 4.90 Å². The zero-order valence-corrected chi connectivity index (χ0v) is 13.6. The molecule has 2 unspecified atom stereocenters. The molecule has 1 saturated heterocycles. The standard InChI is InChI=1S/C16H28N2O3/c1-5-9-21-10-8-18-13(11(2)3)14(19)17-16(4,15(18)20)12-6-7-12/h11-13H,5-10H2,1-4H3,(H,17,19). The Kier molecular flexibility index (Phi) is 4.91. The monoisotopic (exact) mass is 296 g/mol. The number of carbonyl (C=O) groups excluding carboxylic acids is 2. The molecule has 0 aromatic carbocycles. The first-order chi connectivity index (χ1) is 9.91. The molecule has 0 radical (unpaired) electrons. The van der Waals surface area contributed by atoms with Crippen molar-refractivity contribution in [3.8, 4) is 0 Å². The van der Waals surface area contributed by atoms with Crippen molar-refractivity contribution >= 4 is 11.8 Å².